The molecular formula is C22H20FN3O3. The van der Waals surface area contributed by atoms with E-state index in [-0.39, 0.29) is 17.1 Å². The number of benzene rings is 2. The molecule has 1 heterocycles. The van der Waals surface area contributed by atoms with Crippen LogP contribution in [0.2, 0.25) is 0 Å². The second-order valence-corrected chi connectivity index (χ2v) is 6.23. The first-order chi connectivity index (χ1) is 14.1. The Balaban J connectivity index is 1.58. The number of carbonyl (C=O) groups excluding carboxylic acids is 2. The molecule has 2 aromatic carbocycles. The topological polar surface area (TPSA) is 80.3 Å². The second kappa shape index (κ2) is 9.45. The normalized spacial score (nSPS) is 10.3. The number of amides is 1. The van der Waals surface area contributed by atoms with Gasteiger partial charge in [-0.2, -0.15) is 0 Å². The highest BCUT2D eigenvalue weighted by Gasteiger charge is 2.14. The van der Waals surface area contributed by atoms with E-state index in [4.69, 9.17) is 4.74 Å². The molecule has 0 saturated heterocycles. The van der Waals surface area contributed by atoms with E-state index < -0.39 is 11.9 Å². The standard InChI is InChI=1S/C22H20FN3O3/c1-29-22(28)18-4-2-3-5-19(18)26-21(27)20-11-10-17(14-25-20)24-13-12-15-6-8-16(23)9-7-15/h2-11,14,24H,12-13H2,1H3,(H,26,27). The summed E-state index contributed by atoms with van der Waals surface area (Å²) >= 11 is 0. The minimum Gasteiger partial charge on any atom is -0.465 e. The average molecular weight is 393 g/mol. The molecule has 0 fully saturated rings. The van der Waals surface area contributed by atoms with Crippen molar-refractivity contribution in [1.29, 1.82) is 0 Å². The van der Waals surface area contributed by atoms with Crippen molar-refractivity contribution in [3.05, 3.63) is 89.5 Å². The molecule has 0 bridgehead atoms. The minimum atomic E-state index is -0.533. The lowest BCUT2D eigenvalue weighted by molar-refractivity contribution is 0.0602. The van der Waals surface area contributed by atoms with E-state index in [1.54, 1.807) is 54.7 Å². The Morgan fingerprint density at radius 1 is 1.03 bits per heavy atom. The molecule has 0 aliphatic heterocycles. The molecule has 7 heteroatoms. The fourth-order valence-electron chi connectivity index (χ4n) is 2.70. The van der Waals surface area contributed by atoms with Crippen LogP contribution in [0.5, 0.6) is 0 Å². The van der Waals surface area contributed by atoms with E-state index in [2.05, 4.69) is 15.6 Å². The van der Waals surface area contributed by atoms with Crippen molar-refractivity contribution in [1.82, 2.24) is 4.98 Å². The Labute approximate surface area is 167 Å². The third-order valence-corrected chi connectivity index (χ3v) is 4.23. The summed E-state index contributed by atoms with van der Waals surface area (Å²) in [6.45, 7) is 0.644. The molecule has 0 aliphatic carbocycles. The van der Waals surface area contributed by atoms with Crippen LogP contribution in [0.25, 0.3) is 0 Å². The number of aromatic nitrogens is 1. The number of methoxy groups -OCH3 is 1. The summed E-state index contributed by atoms with van der Waals surface area (Å²) in [6, 6.07) is 16.3. The van der Waals surface area contributed by atoms with Crippen molar-refractivity contribution >= 4 is 23.3 Å². The highest BCUT2D eigenvalue weighted by Crippen LogP contribution is 2.17. The van der Waals surface area contributed by atoms with Crippen molar-refractivity contribution in [2.45, 2.75) is 6.42 Å². The molecule has 0 aliphatic rings. The predicted octanol–water partition coefficient (Wildman–Crippen LogP) is 3.91. The van der Waals surface area contributed by atoms with Gasteiger partial charge in [-0.1, -0.05) is 24.3 Å². The third-order valence-electron chi connectivity index (χ3n) is 4.23. The van der Waals surface area contributed by atoms with Gasteiger partial charge in [0.15, 0.2) is 0 Å². The van der Waals surface area contributed by atoms with E-state index in [0.717, 1.165) is 17.7 Å². The summed E-state index contributed by atoms with van der Waals surface area (Å²) in [5.41, 5.74) is 2.62. The van der Waals surface area contributed by atoms with Gasteiger partial charge < -0.3 is 15.4 Å². The van der Waals surface area contributed by atoms with Gasteiger partial charge in [0.2, 0.25) is 0 Å². The summed E-state index contributed by atoms with van der Waals surface area (Å²) < 4.78 is 17.6. The number of hydrogen-bond donors (Lipinski definition) is 2. The van der Waals surface area contributed by atoms with Crippen molar-refractivity contribution in [2.75, 3.05) is 24.3 Å². The van der Waals surface area contributed by atoms with E-state index in [0.29, 0.717) is 12.2 Å². The number of ether oxygens (including phenoxy) is 1. The molecule has 0 saturated carbocycles. The van der Waals surface area contributed by atoms with Crippen LogP contribution in [-0.4, -0.2) is 30.5 Å². The molecule has 0 spiro atoms. The third kappa shape index (κ3) is 5.38. The van der Waals surface area contributed by atoms with Gasteiger partial charge in [0.05, 0.1) is 30.2 Å². The Kier molecular flexibility index (Phi) is 6.52. The van der Waals surface area contributed by atoms with Gasteiger partial charge in [0, 0.05) is 6.54 Å². The molecule has 0 atom stereocenters. The molecule has 3 rings (SSSR count). The molecule has 0 unspecified atom stereocenters. The van der Waals surface area contributed by atoms with Gasteiger partial charge >= 0.3 is 5.97 Å². The SMILES string of the molecule is COC(=O)c1ccccc1NC(=O)c1ccc(NCCc2ccc(F)cc2)cn1. The Morgan fingerprint density at radius 3 is 2.48 bits per heavy atom. The van der Waals surface area contributed by atoms with Gasteiger partial charge in [0.25, 0.3) is 5.91 Å². The number of anilines is 2. The zero-order valence-corrected chi connectivity index (χ0v) is 15.8. The minimum absolute atomic E-state index is 0.216. The number of halogens is 1. The van der Waals surface area contributed by atoms with Gasteiger partial charge in [-0.3, -0.25) is 4.79 Å². The van der Waals surface area contributed by atoms with Crippen LogP contribution in [0.15, 0.2) is 66.9 Å². The largest absolute Gasteiger partial charge is 0.465 e. The number of para-hydroxylation sites is 1. The van der Waals surface area contributed by atoms with E-state index in [9.17, 15) is 14.0 Å². The maximum Gasteiger partial charge on any atom is 0.339 e. The molecule has 1 amide bonds. The van der Waals surface area contributed by atoms with Crippen LogP contribution >= 0.6 is 0 Å². The summed E-state index contributed by atoms with van der Waals surface area (Å²) in [5, 5.41) is 5.88. The molecule has 3 aromatic rings. The van der Waals surface area contributed by atoms with Crippen LogP contribution in [0.1, 0.15) is 26.4 Å². The molecule has 2 N–H and O–H groups in total. The highest BCUT2D eigenvalue weighted by atomic mass is 19.1. The molecule has 1 aromatic heterocycles. The fourth-order valence-corrected chi connectivity index (χ4v) is 2.70. The lowest BCUT2D eigenvalue weighted by Crippen LogP contribution is -2.16. The van der Waals surface area contributed by atoms with Gasteiger partial charge in [-0.15, -0.1) is 0 Å². The molecular weight excluding hydrogens is 373 g/mol. The summed E-state index contributed by atoms with van der Waals surface area (Å²) in [5.74, 6) is -1.22. The lowest BCUT2D eigenvalue weighted by Gasteiger charge is -2.10. The lowest BCUT2D eigenvalue weighted by atomic mass is 10.1. The first-order valence-electron chi connectivity index (χ1n) is 9.00. The van der Waals surface area contributed by atoms with Gasteiger partial charge in [-0.25, -0.2) is 14.2 Å². The fraction of sp³-hybridized carbons (Fsp3) is 0.136. The first kappa shape index (κ1) is 20.0. The predicted molar refractivity (Wildman–Crippen MR) is 109 cm³/mol. The van der Waals surface area contributed by atoms with Crippen LogP contribution < -0.4 is 10.6 Å². The molecule has 29 heavy (non-hydrogen) atoms. The van der Waals surface area contributed by atoms with Crippen LogP contribution in [0.4, 0.5) is 15.8 Å². The number of hydrogen-bond acceptors (Lipinski definition) is 5. The van der Waals surface area contributed by atoms with Crippen LogP contribution in [-0.2, 0) is 11.2 Å². The smallest absolute Gasteiger partial charge is 0.339 e. The Hall–Kier alpha value is -3.74. The Morgan fingerprint density at radius 2 is 1.79 bits per heavy atom. The zero-order chi connectivity index (χ0) is 20.6. The number of esters is 1. The van der Waals surface area contributed by atoms with Crippen molar-refractivity contribution < 1.29 is 18.7 Å². The summed E-state index contributed by atoms with van der Waals surface area (Å²) in [4.78, 5) is 28.4. The molecule has 148 valence electrons. The number of nitrogens with zero attached hydrogens (tertiary/aromatic N) is 1. The highest BCUT2D eigenvalue weighted by molar-refractivity contribution is 6.07. The molecule has 0 radical (unpaired) electrons. The van der Waals surface area contributed by atoms with E-state index in [1.807, 2.05) is 0 Å². The summed E-state index contributed by atoms with van der Waals surface area (Å²) in [6.07, 6.45) is 2.29. The number of nitrogens with one attached hydrogen (secondary N) is 2. The first-order valence-corrected chi connectivity index (χ1v) is 9.00. The van der Waals surface area contributed by atoms with E-state index >= 15 is 0 Å². The van der Waals surface area contributed by atoms with Crippen molar-refractivity contribution in [3.63, 3.8) is 0 Å². The van der Waals surface area contributed by atoms with Crippen molar-refractivity contribution in [2.24, 2.45) is 0 Å². The maximum absolute atomic E-state index is 12.9. The monoisotopic (exact) mass is 393 g/mol. The van der Waals surface area contributed by atoms with E-state index in [1.165, 1.54) is 19.2 Å². The average Bonchev–Trinajstić information content (AvgIpc) is 2.75. The number of pyridine rings is 1. The summed E-state index contributed by atoms with van der Waals surface area (Å²) in [7, 11) is 1.28. The maximum atomic E-state index is 12.9. The number of carbonyl (C=O) groups is 2. The zero-order valence-electron chi connectivity index (χ0n) is 15.8. The van der Waals surface area contributed by atoms with Gasteiger partial charge in [0.1, 0.15) is 11.5 Å². The van der Waals surface area contributed by atoms with Crippen LogP contribution in [0.3, 0.4) is 0 Å². The molecule has 6 nitrogen and oxygen atoms in total. The van der Waals surface area contributed by atoms with Crippen LogP contribution in [0, 0.1) is 5.82 Å². The Bertz CT molecular complexity index is 989. The second-order valence-electron chi connectivity index (χ2n) is 6.23. The van der Waals surface area contributed by atoms with Crippen molar-refractivity contribution in [3.8, 4) is 0 Å². The van der Waals surface area contributed by atoms with Gasteiger partial charge in [-0.05, 0) is 48.4 Å². The quantitative estimate of drug-likeness (QED) is 0.595. The number of rotatable bonds is 7.